The highest BCUT2D eigenvalue weighted by atomic mass is 79.9. The molecule has 2 amide bonds. The molecule has 516 valence electrons. The lowest BCUT2D eigenvalue weighted by Crippen LogP contribution is -2.23. The molecule has 0 bridgehead atoms. The lowest BCUT2D eigenvalue weighted by Gasteiger charge is -2.20. The number of aliphatic hydroxyl groups excluding tert-OH is 1. The van der Waals surface area contributed by atoms with Crippen molar-refractivity contribution < 1.29 is 55.9 Å². The van der Waals surface area contributed by atoms with Crippen LogP contribution in [0.25, 0.3) is 56.3 Å². The number of anilines is 4. The molecule has 0 spiro atoms. The van der Waals surface area contributed by atoms with Crippen molar-refractivity contribution in [2.75, 3.05) is 76.0 Å². The van der Waals surface area contributed by atoms with Crippen LogP contribution in [-0.4, -0.2) is 141 Å². The van der Waals surface area contributed by atoms with Crippen molar-refractivity contribution in [2.24, 2.45) is 0 Å². The Bertz CT molecular complexity index is 4700. The number of hydrogen-bond acceptors (Lipinski definition) is 20. The molecule has 0 aliphatic rings. The molecule has 12 rings (SSSR count). The molecule has 0 saturated heterocycles. The van der Waals surface area contributed by atoms with E-state index in [0.717, 1.165) is 60.6 Å². The van der Waals surface area contributed by atoms with E-state index in [1.807, 2.05) is 96.3 Å². The molecule has 99 heavy (non-hydrogen) atoms. The minimum Gasteiger partial charge on any atom is -0.389 e. The smallest absolute Gasteiger partial charge is 0.315 e. The fourth-order valence-corrected chi connectivity index (χ4v) is 10.0. The van der Waals surface area contributed by atoms with Crippen molar-refractivity contribution in [1.82, 2.24) is 51.1 Å². The zero-order valence-corrected chi connectivity index (χ0v) is 58.3. The Balaban J connectivity index is 0.000000164. The van der Waals surface area contributed by atoms with E-state index >= 15 is 0 Å². The Hall–Kier alpha value is -10.6. The van der Waals surface area contributed by atoms with Crippen LogP contribution in [-0.2, 0) is 26.2 Å². The molecule has 28 heteroatoms. The van der Waals surface area contributed by atoms with Gasteiger partial charge in [0, 0.05) is 92.6 Å². The number of hydrogen-bond donors (Lipinski definition) is 2. The van der Waals surface area contributed by atoms with Crippen LogP contribution in [0.15, 0.2) is 181 Å². The van der Waals surface area contributed by atoms with Gasteiger partial charge in [-0.2, -0.15) is 0 Å². The number of rotatable bonds is 17. The van der Waals surface area contributed by atoms with Gasteiger partial charge in [-0.05, 0) is 204 Å². The first kappa shape index (κ1) is 74.2. The SMILES string of the molecule is CC(O)/C=C/c1cc(N(C)Cc2ccc(F)cc2)c2nonc2c1.CN(C)C(=O)Cl.CN(C)C(=O)c1cc(N(C)Cc2ccc(F)cc2)c2nonc2c1.CN(Cc1ccc(F)cc1)c1cc(/C=C/C(C)(C)O)cc2nonc12.CN(Cc1ccc(F)cc1)c1cc(Br)cc2nonc12. The highest BCUT2D eigenvalue weighted by molar-refractivity contribution is 9.10. The maximum absolute atomic E-state index is 13.1. The Kier molecular flexibility index (Phi) is 25.5. The second-order valence-corrected chi connectivity index (χ2v) is 25.1. The van der Waals surface area contributed by atoms with Crippen molar-refractivity contribution in [3.63, 3.8) is 0 Å². The third-order valence-corrected chi connectivity index (χ3v) is 15.4. The van der Waals surface area contributed by atoms with Crippen LogP contribution in [0.1, 0.15) is 64.5 Å². The number of halogens is 6. The molecule has 1 atom stereocenters. The van der Waals surface area contributed by atoms with Gasteiger partial charge in [0.2, 0.25) is 0 Å². The van der Waals surface area contributed by atoms with Gasteiger partial charge in [-0.3, -0.25) is 9.59 Å². The molecule has 0 radical (unpaired) electrons. The Morgan fingerprint density at radius 1 is 0.475 bits per heavy atom. The summed E-state index contributed by atoms with van der Waals surface area (Å²) in [4.78, 5) is 32.8. The second kappa shape index (κ2) is 34.1. The van der Waals surface area contributed by atoms with Crippen molar-refractivity contribution in [1.29, 1.82) is 0 Å². The number of fused-ring (bicyclic) bond motifs is 4. The van der Waals surface area contributed by atoms with Crippen LogP contribution in [0, 0.1) is 23.3 Å². The van der Waals surface area contributed by atoms with Crippen LogP contribution in [0.4, 0.5) is 45.1 Å². The zero-order valence-electron chi connectivity index (χ0n) is 55.9. The number of carbonyl (C=O) groups is 2. The van der Waals surface area contributed by atoms with Crippen LogP contribution in [0.5, 0.6) is 0 Å². The maximum Gasteiger partial charge on any atom is 0.315 e. The lowest BCUT2D eigenvalue weighted by molar-refractivity contribution is 0.0827. The molecule has 0 fully saturated rings. The van der Waals surface area contributed by atoms with Crippen LogP contribution in [0.2, 0.25) is 0 Å². The van der Waals surface area contributed by atoms with Gasteiger partial charge in [-0.15, -0.1) is 0 Å². The number of benzene rings is 8. The highest BCUT2D eigenvalue weighted by Crippen LogP contribution is 2.33. The van der Waals surface area contributed by atoms with Gasteiger partial charge in [0.25, 0.3) is 5.91 Å². The third-order valence-electron chi connectivity index (χ3n) is 14.6. The van der Waals surface area contributed by atoms with Crippen molar-refractivity contribution >= 4 is 118 Å². The first-order valence-corrected chi connectivity index (χ1v) is 31.6. The topological polar surface area (TPSA) is 250 Å². The van der Waals surface area contributed by atoms with E-state index in [1.54, 1.807) is 122 Å². The number of aliphatic hydroxyl groups is 2. The van der Waals surface area contributed by atoms with E-state index in [1.165, 1.54) is 58.3 Å². The van der Waals surface area contributed by atoms with Gasteiger partial charge < -0.3 is 39.6 Å². The molecule has 0 saturated carbocycles. The van der Waals surface area contributed by atoms with E-state index in [9.17, 15) is 37.4 Å². The van der Waals surface area contributed by atoms with E-state index in [4.69, 9.17) is 30.1 Å². The molecule has 12 aromatic rings. The standard InChI is InChI=1S/C19H20FN3O2.C18H18FN3O2.C17H17FN4O2.C14H11BrFN3O.C3H6ClNO/c1-19(2,24)9-8-14-10-16-18(22-25-21-16)17(11-14)23(3)12-13-4-6-15(20)7-5-13;1-12(23)3-4-14-9-16-18(21-24-20-16)17(10-14)22(2)11-13-5-7-15(19)8-6-13;1-21(2)17(23)12-8-14-16(20-24-19-14)15(9-12)22(3)10-11-4-6-13(18)7-5-11;1-19(8-9-2-4-11(16)5-3-9)13-7-10(15)6-12-14(13)18-20-17-12;1-5(2)3(4)6/h4-11,24H,12H2,1-3H3;3-10,12,23H,11H2,1-2H3;4-9H,10H2,1-3H3;2-7H,8H2,1H3;1-2H3/b9-8+;4-3+;;;. The molecule has 8 aromatic carbocycles. The minimum atomic E-state index is -0.906. The summed E-state index contributed by atoms with van der Waals surface area (Å²) in [7, 11) is 14.2. The molecular formula is C71H72BrClF4N14O8. The molecule has 4 heterocycles. The molecule has 22 nitrogen and oxygen atoms in total. The molecule has 0 aliphatic carbocycles. The predicted molar refractivity (Wildman–Crippen MR) is 378 cm³/mol. The predicted octanol–water partition coefficient (Wildman–Crippen LogP) is 14.5. The fourth-order valence-electron chi connectivity index (χ4n) is 9.58. The second-order valence-electron chi connectivity index (χ2n) is 23.9. The fraction of sp³-hybridized carbons (Fsp3) is 0.239. The summed E-state index contributed by atoms with van der Waals surface area (Å²) < 4.78 is 72.3. The highest BCUT2D eigenvalue weighted by Gasteiger charge is 2.20. The van der Waals surface area contributed by atoms with Crippen molar-refractivity contribution in [3.8, 4) is 0 Å². The monoisotopic (exact) mass is 1440 g/mol. The maximum atomic E-state index is 13.1. The molecule has 4 aromatic heterocycles. The Labute approximate surface area is 580 Å². The van der Waals surface area contributed by atoms with E-state index in [2.05, 4.69) is 57.2 Å². The number of carbonyl (C=O) groups excluding carboxylic acids is 2. The van der Waals surface area contributed by atoms with E-state index in [0.29, 0.717) is 75.9 Å². The van der Waals surface area contributed by atoms with Gasteiger partial charge >= 0.3 is 5.37 Å². The van der Waals surface area contributed by atoms with E-state index < -0.39 is 17.1 Å². The van der Waals surface area contributed by atoms with Crippen molar-refractivity contribution in [3.05, 3.63) is 224 Å². The molecule has 0 aliphatic heterocycles. The quantitative estimate of drug-likeness (QED) is 0.0488. The van der Waals surface area contributed by atoms with Crippen LogP contribution in [0.3, 0.4) is 0 Å². The normalized spacial score (nSPS) is 11.5. The molecule has 1 unspecified atom stereocenters. The summed E-state index contributed by atoms with van der Waals surface area (Å²) in [6.45, 7) is 7.45. The van der Waals surface area contributed by atoms with Gasteiger partial charge in [0.05, 0.1) is 34.5 Å². The van der Waals surface area contributed by atoms with Crippen LogP contribution < -0.4 is 19.6 Å². The summed E-state index contributed by atoms with van der Waals surface area (Å²) >= 11 is 8.35. The van der Waals surface area contributed by atoms with E-state index in [-0.39, 0.29) is 29.2 Å². The summed E-state index contributed by atoms with van der Waals surface area (Å²) in [5, 5.41) is 50.2. The first-order valence-electron chi connectivity index (χ1n) is 30.5. The van der Waals surface area contributed by atoms with Gasteiger partial charge in [-0.1, -0.05) is 88.8 Å². The third kappa shape index (κ3) is 21.4. The minimum absolute atomic E-state index is 0.128. The average Bonchev–Trinajstić information content (AvgIpc) is 1.76. The van der Waals surface area contributed by atoms with Gasteiger partial charge in [0.15, 0.2) is 22.1 Å². The number of aromatic nitrogens is 8. The molecule has 2 N–H and O–H groups in total. The van der Waals surface area contributed by atoms with Gasteiger partial charge in [0.1, 0.15) is 45.3 Å². The zero-order chi connectivity index (χ0) is 71.7. The largest absolute Gasteiger partial charge is 0.389 e. The summed E-state index contributed by atoms with van der Waals surface area (Å²) in [5.41, 5.74) is 13.7. The summed E-state index contributed by atoms with van der Waals surface area (Å²) in [6.07, 6.45) is 6.54. The van der Waals surface area contributed by atoms with Crippen molar-refractivity contribution in [2.45, 2.75) is 58.7 Å². The summed E-state index contributed by atoms with van der Waals surface area (Å²) in [5.74, 6) is -1.15. The van der Waals surface area contributed by atoms with Crippen LogP contribution >= 0.6 is 27.5 Å². The Morgan fingerprint density at radius 3 is 1.09 bits per heavy atom. The lowest BCUT2D eigenvalue weighted by atomic mass is 10.1. The number of amides is 2. The van der Waals surface area contributed by atoms with Gasteiger partial charge in [-0.25, -0.2) is 36.1 Å². The molecular weight excluding hydrogens is 1370 g/mol. The Morgan fingerprint density at radius 2 is 0.778 bits per heavy atom. The first-order chi connectivity index (χ1) is 47.1. The average molecular weight is 1440 g/mol. The number of nitrogens with zero attached hydrogens (tertiary/aromatic N) is 14. The summed E-state index contributed by atoms with van der Waals surface area (Å²) in [6, 6.07) is 40.3.